The molecule has 1 heterocycles. The Hall–Kier alpha value is -1.10. The lowest BCUT2D eigenvalue weighted by molar-refractivity contribution is 0.582. The molecule has 0 bridgehead atoms. The van der Waals surface area contributed by atoms with Gasteiger partial charge in [0.05, 0.1) is 11.7 Å². The molecule has 2 aromatic rings. The molecule has 0 aliphatic rings. The topological polar surface area (TPSA) is 28.2 Å². The van der Waals surface area contributed by atoms with Gasteiger partial charge in [0, 0.05) is 30.0 Å². The zero-order chi connectivity index (χ0) is 15.4. The van der Waals surface area contributed by atoms with Crippen LogP contribution >= 0.6 is 22.9 Å². The number of halogens is 1. The highest BCUT2D eigenvalue weighted by Crippen LogP contribution is 2.29. The van der Waals surface area contributed by atoms with E-state index in [-0.39, 0.29) is 6.04 Å². The molecule has 0 aliphatic heterocycles. The predicted octanol–water partition coefficient (Wildman–Crippen LogP) is 4.49. The molecule has 114 valence electrons. The summed E-state index contributed by atoms with van der Waals surface area (Å²) < 4.78 is 0. The van der Waals surface area contributed by atoms with Crippen LogP contribution in [0.5, 0.6) is 0 Å². The molecule has 0 spiro atoms. The third-order valence-electron chi connectivity index (χ3n) is 3.44. The standard InChI is InChI=1S/C16H22ClN3S/c1-11(2)18-9-15-10-21-16(19-15)20(4)12(3)13-6-5-7-14(17)8-13/h5-8,10-12,18H,9H2,1-4H3. The quantitative estimate of drug-likeness (QED) is 0.848. The van der Waals surface area contributed by atoms with Crippen molar-refractivity contribution in [2.45, 2.75) is 39.4 Å². The Labute approximate surface area is 136 Å². The van der Waals surface area contributed by atoms with E-state index >= 15 is 0 Å². The summed E-state index contributed by atoms with van der Waals surface area (Å²) in [6.07, 6.45) is 0. The van der Waals surface area contributed by atoms with Gasteiger partial charge in [-0.05, 0) is 24.6 Å². The molecule has 21 heavy (non-hydrogen) atoms. The van der Waals surface area contributed by atoms with Crippen molar-refractivity contribution in [3.63, 3.8) is 0 Å². The summed E-state index contributed by atoms with van der Waals surface area (Å²) in [6, 6.07) is 8.71. The highest BCUT2D eigenvalue weighted by Gasteiger charge is 2.15. The monoisotopic (exact) mass is 323 g/mol. The Morgan fingerprint density at radius 2 is 2.10 bits per heavy atom. The van der Waals surface area contributed by atoms with Crippen molar-refractivity contribution >= 4 is 28.1 Å². The Morgan fingerprint density at radius 1 is 1.33 bits per heavy atom. The molecule has 2 rings (SSSR count). The number of benzene rings is 1. The minimum absolute atomic E-state index is 0.237. The average molecular weight is 324 g/mol. The second kappa shape index (κ2) is 7.25. The van der Waals surface area contributed by atoms with E-state index in [0.29, 0.717) is 6.04 Å². The third kappa shape index (κ3) is 4.43. The van der Waals surface area contributed by atoms with Crippen LogP contribution in [0.15, 0.2) is 29.6 Å². The van der Waals surface area contributed by atoms with Crippen molar-refractivity contribution in [2.24, 2.45) is 0 Å². The molecule has 0 fully saturated rings. The lowest BCUT2D eigenvalue weighted by Gasteiger charge is -2.24. The zero-order valence-electron chi connectivity index (χ0n) is 12.9. The lowest BCUT2D eigenvalue weighted by atomic mass is 10.1. The Morgan fingerprint density at radius 3 is 2.76 bits per heavy atom. The minimum Gasteiger partial charge on any atom is -0.344 e. The number of thiazole rings is 1. The van der Waals surface area contributed by atoms with Crippen LogP contribution in [-0.4, -0.2) is 18.1 Å². The SMILES string of the molecule is CC(C)NCc1csc(N(C)C(C)c2cccc(Cl)c2)n1. The van der Waals surface area contributed by atoms with Crippen LogP contribution in [0.1, 0.15) is 38.1 Å². The first-order chi connectivity index (χ1) is 9.97. The van der Waals surface area contributed by atoms with E-state index in [1.165, 1.54) is 5.56 Å². The van der Waals surface area contributed by atoms with Crippen LogP contribution in [0.3, 0.4) is 0 Å². The van der Waals surface area contributed by atoms with Gasteiger partial charge in [-0.1, -0.05) is 37.6 Å². The molecule has 1 aromatic carbocycles. The van der Waals surface area contributed by atoms with Crippen LogP contribution in [-0.2, 0) is 6.54 Å². The number of aromatic nitrogens is 1. The molecule has 1 aromatic heterocycles. The van der Waals surface area contributed by atoms with E-state index in [4.69, 9.17) is 16.6 Å². The molecule has 3 nitrogen and oxygen atoms in total. The average Bonchev–Trinajstić information content (AvgIpc) is 2.92. The van der Waals surface area contributed by atoms with Gasteiger partial charge < -0.3 is 10.2 Å². The third-order valence-corrected chi connectivity index (χ3v) is 4.66. The van der Waals surface area contributed by atoms with E-state index in [0.717, 1.165) is 22.4 Å². The van der Waals surface area contributed by atoms with Gasteiger partial charge in [0.1, 0.15) is 0 Å². The number of anilines is 1. The molecular formula is C16H22ClN3S. The number of nitrogens with one attached hydrogen (secondary N) is 1. The van der Waals surface area contributed by atoms with Crippen LogP contribution in [0.25, 0.3) is 0 Å². The van der Waals surface area contributed by atoms with Gasteiger partial charge >= 0.3 is 0 Å². The summed E-state index contributed by atoms with van der Waals surface area (Å²) >= 11 is 7.75. The normalized spacial score (nSPS) is 12.7. The molecule has 1 N–H and O–H groups in total. The summed E-state index contributed by atoms with van der Waals surface area (Å²) in [4.78, 5) is 6.89. The van der Waals surface area contributed by atoms with E-state index < -0.39 is 0 Å². The van der Waals surface area contributed by atoms with Crippen LogP contribution in [0, 0.1) is 0 Å². The van der Waals surface area contributed by atoms with E-state index in [1.807, 2.05) is 18.2 Å². The largest absolute Gasteiger partial charge is 0.344 e. The Bertz CT molecular complexity index is 582. The fourth-order valence-electron chi connectivity index (χ4n) is 2.00. The van der Waals surface area contributed by atoms with Gasteiger partial charge in [-0.2, -0.15) is 0 Å². The van der Waals surface area contributed by atoms with Gasteiger partial charge in [-0.3, -0.25) is 0 Å². The maximum absolute atomic E-state index is 6.07. The maximum Gasteiger partial charge on any atom is 0.185 e. The smallest absolute Gasteiger partial charge is 0.185 e. The summed E-state index contributed by atoms with van der Waals surface area (Å²) in [5, 5.41) is 7.31. The fourth-order valence-corrected chi connectivity index (χ4v) is 3.07. The molecule has 5 heteroatoms. The van der Waals surface area contributed by atoms with Gasteiger partial charge in [0.25, 0.3) is 0 Å². The van der Waals surface area contributed by atoms with Crippen LogP contribution in [0.4, 0.5) is 5.13 Å². The first kappa shape index (κ1) is 16.3. The first-order valence-corrected chi connectivity index (χ1v) is 8.39. The molecular weight excluding hydrogens is 302 g/mol. The van der Waals surface area contributed by atoms with E-state index in [9.17, 15) is 0 Å². The highest BCUT2D eigenvalue weighted by molar-refractivity contribution is 7.13. The second-order valence-electron chi connectivity index (χ2n) is 5.50. The van der Waals surface area contributed by atoms with Gasteiger partial charge in [0.2, 0.25) is 0 Å². The first-order valence-electron chi connectivity index (χ1n) is 7.13. The maximum atomic E-state index is 6.07. The van der Waals surface area contributed by atoms with Crippen molar-refractivity contribution < 1.29 is 0 Å². The molecule has 0 saturated heterocycles. The molecule has 1 unspecified atom stereocenters. The molecule has 0 saturated carbocycles. The summed E-state index contributed by atoms with van der Waals surface area (Å²) in [5.74, 6) is 0. The fraction of sp³-hybridized carbons (Fsp3) is 0.438. The van der Waals surface area contributed by atoms with Crippen LogP contribution < -0.4 is 10.2 Å². The molecule has 0 amide bonds. The Kier molecular flexibility index (Phi) is 5.62. The highest BCUT2D eigenvalue weighted by atomic mass is 35.5. The van der Waals surface area contributed by atoms with Gasteiger partial charge in [-0.15, -0.1) is 11.3 Å². The van der Waals surface area contributed by atoms with Crippen molar-refractivity contribution in [1.82, 2.24) is 10.3 Å². The summed E-state index contributed by atoms with van der Waals surface area (Å²) in [6.45, 7) is 7.26. The second-order valence-corrected chi connectivity index (χ2v) is 6.77. The predicted molar refractivity (Wildman–Crippen MR) is 92.4 cm³/mol. The van der Waals surface area contributed by atoms with Gasteiger partial charge in [0.15, 0.2) is 5.13 Å². The van der Waals surface area contributed by atoms with Crippen molar-refractivity contribution in [3.05, 3.63) is 45.9 Å². The zero-order valence-corrected chi connectivity index (χ0v) is 14.5. The molecule has 1 atom stereocenters. The van der Waals surface area contributed by atoms with Crippen molar-refractivity contribution in [1.29, 1.82) is 0 Å². The number of nitrogens with zero attached hydrogens (tertiary/aromatic N) is 2. The number of hydrogen-bond acceptors (Lipinski definition) is 4. The summed E-state index contributed by atoms with van der Waals surface area (Å²) in [7, 11) is 2.07. The molecule has 0 radical (unpaired) electrons. The van der Waals surface area contributed by atoms with Crippen molar-refractivity contribution in [3.8, 4) is 0 Å². The van der Waals surface area contributed by atoms with E-state index in [2.05, 4.69) is 49.5 Å². The van der Waals surface area contributed by atoms with Crippen LogP contribution in [0.2, 0.25) is 5.02 Å². The number of rotatable bonds is 6. The minimum atomic E-state index is 0.237. The lowest BCUT2D eigenvalue weighted by Crippen LogP contribution is -2.23. The van der Waals surface area contributed by atoms with Gasteiger partial charge in [-0.25, -0.2) is 4.98 Å². The summed E-state index contributed by atoms with van der Waals surface area (Å²) in [5.41, 5.74) is 2.29. The molecule has 0 aliphatic carbocycles. The van der Waals surface area contributed by atoms with Crippen molar-refractivity contribution in [2.75, 3.05) is 11.9 Å². The Balaban J connectivity index is 2.07. The van der Waals surface area contributed by atoms with E-state index in [1.54, 1.807) is 11.3 Å². The number of hydrogen-bond donors (Lipinski definition) is 1.